The van der Waals surface area contributed by atoms with E-state index in [1.165, 1.54) is 34.6 Å². The molecule has 0 atom stereocenters. The first-order valence-electron chi connectivity index (χ1n) is 11.2. The maximum atomic E-state index is 13.2. The molecule has 0 spiro atoms. The summed E-state index contributed by atoms with van der Waals surface area (Å²) in [5.41, 5.74) is 1.17. The number of benzene rings is 2. The van der Waals surface area contributed by atoms with Crippen LogP contribution in [0.5, 0.6) is 0 Å². The van der Waals surface area contributed by atoms with E-state index in [0.717, 1.165) is 32.4 Å². The third kappa shape index (κ3) is 5.37. The topological polar surface area (TPSA) is 119 Å². The quantitative estimate of drug-likeness (QED) is 0.331. The molecule has 0 bridgehead atoms. The lowest BCUT2D eigenvalue weighted by molar-refractivity contribution is -0.384. The number of hydrogen-bond acceptors (Lipinski definition) is 8. The van der Waals surface area contributed by atoms with Gasteiger partial charge in [-0.1, -0.05) is 12.1 Å². The minimum atomic E-state index is -3.80. The van der Waals surface area contributed by atoms with E-state index in [0.29, 0.717) is 24.5 Å². The number of sulfonamides is 1. The van der Waals surface area contributed by atoms with E-state index in [1.54, 1.807) is 12.1 Å². The molecule has 2 aliphatic heterocycles. The predicted molar refractivity (Wildman–Crippen MR) is 124 cm³/mol. The number of carbonyl (C=O) groups excluding carboxylic acids is 1. The monoisotopic (exact) mass is 489 g/mol. The van der Waals surface area contributed by atoms with Gasteiger partial charge in [0.25, 0.3) is 5.69 Å². The van der Waals surface area contributed by atoms with Gasteiger partial charge >= 0.3 is 5.97 Å². The van der Waals surface area contributed by atoms with Gasteiger partial charge in [0.2, 0.25) is 10.0 Å². The van der Waals surface area contributed by atoms with Crippen LogP contribution in [0.4, 0.5) is 11.4 Å². The standard InChI is InChI=1S/C23H27N3O7S/c27-23(33-17-18-5-4-6-19(15-18)26(28)29)21-16-20(34(30,31)25-11-13-32-14-12-25)7-8-22(21)24-9-2-1-3-10-24/h4-8,15-16H,1-3,9-14,17H2. The average molecular weight is 490 g/mol. The van der Waals surface area contributed by atoms with Crippen molar-refractivity contribution >= 4 is 27.4 Å². The number of anilines is 1. The van der Waals surface area contributed by atoms with Gasteiger partial charge in [-0.25, -0.2) is 13.2 Å². The smallest absolute Gasteiger partial charge is 0.340 e. The molecule has 0 amide bonds. The fourth-order valence-electron chi connectivity index (χ4n) is 4.17. The fraction of sp³-hybridized carbons (Fsp3) is 0.435. The van der Waals surface area contributed by atoms with Crippen molar-refractivity contribution in [3.63, 3.8) is 0 Å². The van der Waals surface area contributed by atoms with Gasteiger partial charge in [0.05, 0.1) is 34.3 Å². The van der Waals surface area contributed by atoms with Gasteiger partial charge in [-0.3, -0.25) is 10.1 Å². The Bertz CT molecular complexity index is 1160. The van der Waals surface area contributed by atoms with Crippen molar-refractivity contribution in [2.24, 2.45) is 0 Å². The summed E-state index contributed by atoms with van der Waals surface area (Å²) in [5, 5.41) is 11.0. The Morgan fingerprint density at radius 1 is 1.03 bits per heavy atom. The first kappa shape index (κ1) is 24.1. The van der Waals surface area contributed by atoms with Gasteiger partial charge in [-0.2, -0.15) is 4.31 Å². The molecule has 0 aliphatic carbocycles. The summed E-state index contributed by atoms with van der Waals surface area (Å²) in [4.78, 5) is 25.7. The Hall–Kier alpha value is -3.02. The highest BCUT2D eigenvalue weighted by atomic mass is 32.2. The van der Waals surface area contributed by atoms with Crippen LogP contribution in [0.25, 0.3) is 0 Å². The zero-order valence-electron chi connectivity index (χ0n) is 18.7. The van der Waals surface area contributed by atoms with Gasteiger partial charge in [-0.15, -0.1) is 0 Å². The van der Waals surface area contributed by atoms with Crippen LogP contribution in [0.3, 0.4) is 0 Å². The molecule has 2 aromatic rings. The number of ether oxygens (including phenoxy) is 2. The molecule has 34 heavy (non-hydrogen) atoms. The molecule has 0 saturated carbocycles. The molecule has 2 fully saturated rings. The lowest BCUT2D eigenvalue weighted by Gasteiger charge is -2.31. The van der Waals surface area contributed by atoms with Crippen LogP contribution in [-0.4, -0.2) is 63.0 Å². The molecule has 182 valence electrons. The number of rotatable bonds is 7. The van der Waals surface area contributed by atoms with Crippen LogP contribution in [0, 0.1) is 10.1 Å². The lowest BCUT2D eigenvalue weighted by atomic mass is 10.1. The molecule has 4 rings (SSSR count). The second kappa shape index (κ2) is 10.5. The Balaban J connectivity index is 1.62. The number of piperidine rings is 1. The number of hydrogen-bond donors (Lipinski definition) is 0. The largest absolute Gasteiger partial charge is 0.457 e. The summed E-state index contributed by atoms with van der Waals surface area (Å²) in [6, 6.07) is 10.4. The molecular weight excluding hydrogens is 462 g/mol. The maximum Gasteiger partial charge on any atom is 0.340 e. The minimum absolute atomic E-state index is 0.0254. The third-order valence-electron chi connectivity index (χ3n) is 5.98. The Morgan fingerprint density at radius 3 is 2.47 bits per heavy atom. The Morgan fingerprint density at radius 2 is 1.76 bits per heavy atom. The molecule has 2 aromatic carbocycles. The zero-order valence-corrected chi connectivity index (χ0v) is 19.5. The van der Waals surface area contributed by atoms with Crippen LogP contribution in [0.2, 0.25) is 0 Å². The maximum absolute atomic E-state index is 13.2. The second-order valence-corrected chi connectivity index (χ2v) is 10.2. The van der Waals surface area contributed by atoms with Crippen molar-refractivity contribution in [3.05, 3.63) is 63.7 Å². The van der Waals surface area contributed by atoms with Gasteiger partial charge in [0.1, 0.15) is 6.61 Å². The van der Waals surface area contributed by atoms with Crippen molar-refractivity contribution in [2.75, 3.05) is 44.3 Å². The number of nitro groups is 1. The minimum Gasteiger partial charge on any atom is -0.457 e. The highest BCUT2D eigenvalue weighted by molar-refractivity contribution is 7.89. The van der Waals surface area contributed by atoms with Crippen molar-refractivity contribution in [2.45, 2.75) is 30.8 Å². The molecule has 2 aliphatic rings. The van der Waals surface area contributed by atoms with E-state index in [2.05, 4.69) is 4.90 Å². The van der Waals surface area contributed by atoms with Crippen molar-refractivity contribution < 1.29 is 27.6 Å². The third-order valence-corrected chi connectivity index (χ3v) is 7.88. The molecule has 10 nitrogen and oxygen atoms in total. The van der Waals surface area contributed by atoms with Gasteiger partial charge in [-0.05, 0) is 43.0 Å². The first-order valence-corrected chi connectivity index (χ1v) is 12.7. The van der Waals surface area contributed by atoms with Gasteiger partial charge in [0.15, 0.2) is 0 Å². The zero-order chi connectivity index (χ0) is 24.1. The van der Waals surface area contributed by atoms with Gasteiger partial charge < -0.3 is 14.4 Å². The molecule has 0 N–H and O–H groups in total. The number of esters is 1. The van der Waals surface area contributed by atoms with E-state index in [9.17, 15) is 23.3 Å². The van der Waals surface area contributed by atoms with Crippen molar-refractivity contribution in [3.8, 4) is 0 Å². The van der Waals surface area contributed by atoms with E-state index in [1.807, 2.05) is 0 Å². The molecule has 0 unspecified atom stereocenters. The number of nitro benzene ring substituents is 1. The number of nitrogens with zero attached hydrogens (tertiary/aromatic N) is 3. The summed E-state index contributed by atoms with van der Waals surface area (Å²) in [7, 11) is -3.80. The van der Waals surface area contributed by atoms with Crippen molar-refractivity contribution in [1.82, 2.24) is 4.31 Å². The SMILES string of the molecule is O=C(OCc1cccc([N+](=O)[O-])c1)c1cc(S(=O)(=O)N2CCOCC2)ccc1N1CCCCC1. The average Bonchev–Trinajstić information content (AvgIpc) is 2.88. The molecule has 0 aromatic heterocycles. The van der Waals surface area contributed by atoms with E-state index < -0.39 is 20.9 Å². The highest BCUT2D eigenvalue weighted by Gasteiger charge is 2.29. The molecule has 11 heteroatoms. The summed E-state index contributed by atoms with van der Waals surface area (Å²) < 4.78 is 38.4. The van der Waals surface area contributed by atoms with E-state index in [-0.39, 0.29) is 35.8 Å². The number of non-ortho nitro benzene ring substituents is 1. The summed E-state index contributed by atoms with van der Waals surface area (Å²) in [5.74, 6) is -0.675. The molecule has 0 radical (unpaired) electrons. The molecule has 2 heterocycles. The summed E-state index contributed by atoms with van der Waals surface area (Å²) >= 11 is 0. The van der Waals surface area contributed by atoms with Gasteiger partial charge in [0, 0.05) is 38.3 Å². The number of carbonyl (C=O) groups is 1. The summed E-state index contributed by atoms with van der Waals surface area (Å²) in [6.07, 6.45) is 3.07. The van der Waals surface area contributed by atoms with E-state index >= 15 is 0 Å². The number of morpholine rings is 1. The second-order valence-electron chi connectivity index (χ2n) is 8.25. The van der Waals surface area contributed by atoms with Crippen LogP contribution in [0.15, 0.2) is 47.4 Å². The summed E-state index contributed by atoms with van der Waals surface area (Å²) in [6.45, 7) is 2.51. The highest BCUT2D eigenvalue weighted by Crippen LogP contribution is 2.29. The van der Waals surface area contributed by atoms with E-state index in [4.69, 9.17) is 9.47 Å². The molecular formula is C23H27N3O7S. The Kier molecular flexibility index (Phi) is 7.44. The lowest BCUT2D eigenvalue weighted by Crippen LogP contribution is -2.40. The Labute approximate surface area is 198 Å². The van der Waals surface area contributed by atoms with Crippen LogP contribution >= 0.6 is 0 Å². The van der Waals surface area contributed by atoms with Crippen LogP contribution in [-0.2, 0) is 26.1 Å². The van der Waals surface area contributed by atoms with Crippen LogP contribution < -0.4 is 4.90 Å². The normalized spacial score (nSPS) is 17.4. The first-order chi connectivity index (χ1) is 16.4. The fourth-order valence-corrected chi connectivity index (χ4v) is 5.61. The van der Waals surface area contributed by atoms with Crippen molar-refractivity contribution in [1.29, 1.82) is 0 Å². The predicted octanol–water partition coefficient (Wildman–Crippen LogP) is 2.96. The van der Waals surface area contributed by atoms with Crippen LogP contribution in [0.1, 0.15) is 35.2 Å². The molecule has 2 saturated heterocycles.